The first-order valence-electron chi connectivity index (χ1n) is 5.30. The predicted octanol–water partition coefficient (Wildman–Crippen LogP) is 4.70. The Balaban J connectivity index is 2.76. The molecule has 0 aromatic heterocycles. The molecule has 0 saturated heterocycles. The van der Waals surface area contributed by atoms with E-state index in [1.807, 2.05) is 0 Å². The summed E-state index contributed by atoms with van der Waals surface area (Å²) in [7, 11) is 0. The normalized spacial score (nSPS) is 11.2. The van der Waals surface area contributed by atoms with Crippen molar-refractivity contribution in [2.45, 2.75) is 25.6 Å². The molecule has 2 aromatic rings. The molecule has 0 amide bonds. The summed E-state index contributed by atoms with van der Waals surface area (Å²) in [6.45, 7) is 4.45. The third-order valence-corrected chi connectivity index (χ3v) is 3.10. The van der Waals surface area contributed by atoms with Gasteiger partial charge < -0.3 is 0 Å². The van der Waals surface area contributed by atoms with Crippen molar-refractivity contribution in [1.29, 1.82) is 0 Å². The van der Waals surface area contributed by atoms with Gasteiger partial charge in [-0.3, -0.25) is 0 Å². The molecule has 0 atom stereocenters. The molecule has 0 saturated carbocycles. The van der Waals surface area contributed by atoms with Gasteiger partial charge in [-0.05, 0) is 27.8 Å². The molecule has 0 heterocycles. The van der Waals surface area contributed by atoms with Crippen LogP contribution in [0.3, 0.4) is 0 Å². The van der Waals surface area contributed by atoms with Crippen LogP contribution in [-0.4, -0.2) is 0 Å². The van der Waals surface area contributed by atoms with Crippen LogP contribution in [-0.2, 0) is 5.88 Å². The fourth-order valence-corrected chi connectivity index (χ4v) is 2.25. The minimum absolute atomic E-state index is 0.555. The van der Waals surface area contributed by atoms with Crippen LogP contribution in [0.15, 0.2) is 36.4 Å². The molecule has 0 aliphatic rings. The molecule has 0 fully saturated rings. The van der Waals surface area contributed by atoms with E-state index in [2.05, 4.69) is 50.2 Å². The van der Waals surface area contributed by atoms with Crippen LogP contribution in [0.2, 0.25) is 0 Å². The van der Waals surface area contributed by atoms with E-state index in [4.69, 9.17) is 11.6 Å². The lowest BCUT2D eigenvalue weighted by molar-refractivity contribution is 0.876. The summed E-state index contributed by atoms with van der Waals surface area (Å²) in [5.74, 6) is 1.14. The molecule has 0 nitrogen and oxygen atoms in total. The van der Waals surface area contributed by atoms with Crippen molar-refractivity contribution in [2.75, 3.05) is 0 Å². The lowest BCUT2D eigenvalue weighted by Gasteiger charge is -2.11. The lowest BCUT2D eigenvalue weighted by atomic mass is 9.94. The Labute approximate surface area is 95.9 Å². The van der Waals surface area contributed by atoms with E-state index >= 15 is 0 Å². The maximum atomic E-state index is 5.94. The average Bonchev–Trinajstić information content (AvgIpc) is 2.27. The molecule has 0 aliphatic carbocycles. The van der Waals surface area contributed by atoms with E-state index in [9.17, 15) is 0 Å². The molecule has 1 heteroatoms. The number of fused-ring (bicyclic) bond motifs is 1. The standard InChI is InChI=1S/C14H15Cl/c1-10(2)12-6-4-7-13-11(9-15)5-3-8-14(12)13/h3-8,10H,9H2,1-2H3. The second-order valence-electron chi connectivity index (χ2n) is 4.15. The van der Waals surface area contributed by atoms with Gasteiger partial charge in [0.15, 0.2) is 0 Å². The molecule has 0 radical (unpaired) electrons. The quantitative estimate of drug-likeness (QED) is 0.641. The highest BCUT2D eigenvalue weighted by molar-refractivity contribution is 6.18. The van der Waals surface area contributed by atoms with Gasteiger partial charge >= 0.3 is 0 Å². The predicted molar refractivity (Wildman–Crippen MR) is 67.6 cm³/mol. The highest BCUT2D eigenvalue weighted by Crippen LogP contribution is 2.28. The molecular weight excluding hydrogens is 204 g/mol. The summed E-state index contributed by atoms with van der Waals surface area (Å²) in [6.07, 6.45) is 0. The number of hydrogen-bond donors (Lipinski definition) is 0. The van der Waals surface area contributed by atoms with Gasteiger partial charge in [-0.1, -0.05) is 50.2 Å². The lowest BCUT2D eigenvalue weighted by Crippen LogP contribution is -1.91. The van der Waals surface area contributed by atoms with Crippen molar-refractivity contribution < 1.29 is 0 Å². The Bertz CT molecular complexity index is 472. The smallest absolute Gasteiger partial charge is 0.0480 e. The van der Waals surface area contributed by atoms with E-state index in [0.717, 1.165) is 0 Å². The Morgan fingerprint density at radius 3 is 2.33 bits per heavy atom. The molecule has 78 valence electrons. The van der Waals surface area contributed by atoms with Crippen molar-refractivity contribution in [1.82, 2.24) is 0 Å². The molecular formula is C14H15Cl. The monoisotopic (exact) mass is 218 g/mol. The van der Waals surface area contributed by atoms with Gasteiger partial charge in [-0.2, -0.15) is 0 Å². The third kappa shape index (κ3) is 1.87. The van der Waals surface area contributed by atoms with Gasteiger partial charge in [0.1, 0.15) is 0 Å². The van der Waals surface area contributed by atoms with Gasteiger partial charge in [-0.25, -0.2) is 0 Å². The summed E-state index contributed by atoms with van der Waals surface area (Å²) in [6, 6.07) is 12.8. The number of alkyl halides is 1. The van der Waals surface area contributed by atoms with Crippen molar-refractivity contribution in [3.63, 3.8) is 0 Å². The maximum absolute atomic E-state index is 5.94. The van der Waals surface area contributed by atoms with E-state index in [-0.39, 0.29) is 0 Å². The first-order valence-corrected chi connectivity index (χ1v) is 5.84. The van der Waals surface area contributed by atoms with Crippen LogP contribution in [0.5, 0.6) is 0 Å². The van der Waals surface area contributed by atoms with E-state index in [0.29, 0.717) is 11.8 Å². The highest BCUT2D eigenvalue weighted by atomic mass is 35.5. The van der Waals surface area contributed by atoms with E-state index in [1.165, 1.54) is 21.9 Å². The third-order valence-electron chi connectivity index (χ3n) is 2.81. The van der Waals surface area contributed by atoms with Crippen molar-refractivity contribution in [3.05, 3.63) is 47.5 Å². The first kappa shape index (κ1) is 10.5. The molecule has 2 aromatic carbocycles. The zero-order valence-corrected chi connectivity index (χ0v) is 9.88. The van der Waals surface area contributed by atoms with Gasteiger partial charge in [0.25, 0.3) is 0 Å². The second-order valence-corrected chi connectivity index (χ2v) is 4.42. The Morgan fingerprint density at radius 2 is 1.67 bits per heavy atom. The van der Waals surface area contributed by atoms with Gasteiger partial charge in [0.2, 0.25) is 0 Å². The van der Waals surface area contributed by atoms with Crippen molar-refractivity contribution >= 4 is 22.4 Å². The van der Waals surface area contributed by atoms with Crippen LogP contribution >= 0.6 is 11.6 Å². The minimum Gasteiger partial charge on any atom is -0.122 e. The first-order chi connectivity index (χ1) is 7.24. The fourth-order valence-electron chi connectivity index (χ4n) is 2.02. The number of benzene rings is 2. The molecule has 0 N–H and O–H groups in total. The van der Waals surface area contributed by atoms with Crippen LogP contribution < -0.4 is 0 Å². The summed E-state index contributed by atoms with van der Waals surface area (Å²) in [5, 5.41) is 2.63. The zero-order valence-electron chi connectivity index (χ0n) is 9.13. The number of halogens is 1. The summed E-state index contributed by atoms with van der Waals surface area (Å²) < 4.78 is 0. The molecule has 0 spiro atoms. The van der Waals surface area contributed by atoms with E-state index in [1.54, 1.807) is 0 Å². The molecule has 0 bridgehead atoms. The van der Waals surface area contributed by atoms with Gasteiger partial charge in [0, 0.05) is 5.88 Å². The Hall–Kier alpha value is -1.01. The summed E-state index contributed by atoms with van der Waals surface area (Å²) in [5.41, 5.74) is 2.62. The van der Waals surface area contributed by atoms with Gasteiger partial charge in [-0.15, -0.1) is 11.6 Å². The van der Waals surface area contributed by atoms with Crippen LogP contribution in [0.25, 0.3) is 10.8 Å². The molecule has 0 aliphatic heterocycles. The van der Waals surface area contributed by atoms with Crippen molar-refractivity contribution in [3.8, 4) is 0 Å². The number of hydrogen-bond acceptors (Lipinski definition) is 0. The fraction of sp³-hybridized carbons (Fsp3) is 0.286. The zero-order chi connectivity index (χ0) is 10.8. The van der Waals surface area contributed by atoms with E-state index < -0.39 is 0 Å². The number of rotatable bonds is 2. The Kier molecular flexibility index (Phi) is 2.97. The largest absolute Gasteiger partial charge is 0.122 e. The van der Waals surface area contributed by atoms with Crippen molar-refractivity contribution in [2.24, 2.45) is 0 Å². The summed E-state index contributed by atoms with van der Waals surface area (Å²) >= 11 is 5.94. The van der Waals surface area contributed by atoms with Crippen LogP contribution in [0, 0.1) is 0 Å². The minimum atomic E-state index is 0.555. The molecule has 2 rings (SSSR count). The van der Waals surface area contributed by atoms with Crippen LogP contribution in [0.4, 0.5) is 0 Å². The highest BCUT2D eigenvalue weighted by Gasteiger charge is 2.06. The van der Waals surface area contributed by atoms with Gasteiger partial charge in [0.05, 0.1) is 0 Å². The molecule has 0 unspecified atom stereocenters. The topological polar surface area (TPSA) is 0 Å². The Morgan fingerprint density at radius 1 is 1.00 bits per heavy atom. The average molecular weight is 219 g/mol. The maximum Gasteiger partial charge on any atom is 0.0480 e. The molecule has 15 heavy (non-hydrogen) atoms. The summed E-state index contributed by atoms with van der Waals surface area (Å²) in [4.78, 5) is 0. The SMILES string of the molecule is CC(C)c1cccc2c(CCl)cccc12. The second kappa shape index (κ2) is 4.24. The van der Waals surface area contributed by atoms with Crippen LogP contribution in [0.1, 0.15) is 30.9 Å².